The number of aromatic nitrogens is 1. The highest BCUT2D eigenvalue weighted by atomic mass is 32.1. The van der Waals surface area contributed by atoms with Crippen molar-refractivity contribution in [3.8, 4) is 0 Å². The van der Waals surface area contributed by atoms with Gasteiger partial charge in [0.15, 0.2) is 5.13 Å². The minimum Gasteiger partial charge on any atom is -0.356 e. The van der Waals surface area contributed by atoms with Gasteiger partial charge < -0.3 is 15.5 Å². The first kappa shape index (κ1) is 21.7. The zero-order chi connectivity index (χ0) is 20.6. The SMILES string of the molecule is CCCCNC(=O)Cc1csc(NC(=O)CN(C(=O)C2CCCCC2)C2CC2)n1. The summed E-state index contributed by atoms with van der Waals surface area (Å²) in [7, 11) is 0. The monoisotopic (exact) mass is 420 g/mol. The van der Waals surface area contributed by atoms with E-state index in [2.05, 4.69) is 22.5 Å². The molecule has 1 aromatic heterocycles. The van der Waals surface area contributed by atoms with Crippen LogP contribution in [0.5, 0.6) is 0 Å². The molecule has 1 aromatic rings. The van der Waals surface area contributed by atoms with Gasteiger partial charge in [-0.15, -0.1) is 11.3 Å². The Hall–Kier alpha value is -1.96. The van der Waals surface area contributed by atoms with Crippen LogP contribution in [0, 0.1) is 5.92 Å². The molecule has 7 nitrogen and oxygen atoms in total. The number of thiazole rings is 1. The lowest BCUT2D eigenvalue weighted by Crippen LogP contribution is -2.43. The number of anilines is 1. The van der Waals surface area contributed by atoms with Gasteiger partial charge in [-0.2, -0.15) is 0 Å². The highest BCUT2D eigenvalue weighted by molar-refractivity contribution is 7.13. The Morgan fingerprint density at radius 1 is 1.14 bits per heavy atom. The van der Waals surface area contributed by atoms with Gasteiger partial charge in [0.05, 0.1) is 12.1 Å². The summed E-state index contributed by atoms with van der Waals surface area (Å²) < 4.78 is 0. The fourth-order valence-electron chi connectivity index (χ4n) is 3.75. The van der Waals surface area contributed by atoms with Crippen molar-refractivity contribution in [2.75, 3.05) is 18.4 Å². The molecule has 2 aliphatic rings. The summed E-state index contributed by atoms with van der Waals surface area (Å²) in [5, 5.41) is 7.94. The molecule has 2 N–H and O–H groups in total. The molecule has 3 rings (SSSR count). The van der Waals surface area contributed by atoms with Crippen molar-refractivity contribution >= 4 is 34.2 Å². The molecule has 2 saturated carbocycles. The molecule has 1 heterocycles. The van der Waals surface area contributed by atoms with E-state index >= 15 is 0 Å². The fourth-order valence-corrected chi connectivity index (χ4v) is 4.47. The smallest absolute Gasteiger partial charge is 0.245 e. The Morgan fingerprint density at radius 2 is 1.90 bits per heavy atom. The van der Waals surface area contributed by atoms with Gasteiger partial charge in [-0.05, 0) is 32.1 Å². The number of hydrogen-bond donors (Lipinski definition) is 2. The van der Waals surface area contributed by atoms with E-state index in [1.807, 2.05) is 0 Å². The molecule has 0 bridgehead atoms. The quantitative estimate of drug-likeness (QED) is 0.569. The third kappa shape index (κ3) is 6.80. The topological polar surface area (TPSA) is 91.4 Å². The van der Waals surface area contributed by atoms with Crippen LogP contribution in [-0.2, 0) is 20.8 Å². The van der Waals surface area contributed by atoms with Crippen LogP contribution < -0.4 is 10.6 Å². The van der Waals surface area contributed by atoms with Gasteiger partial charge in [-0.25, -0.2) is 4.98 Å². The zero-order valence-corrected chi connectivity index (χ0v) is 18.1. The zero-order valence-electron chi connectivity index (χ0n) is 17.2. The third-order valence-corrected chi connectivity index (χ3v) is 6.34. The number of nitrogens with zero attached hydrogens (tertiary/aromatic N) is 2. The molecule has 3 amide bonds. The van der Waals surface area contributed by atoms with Crippen LogP contribution in [0.15, 0.2) is 5.38 Å². The van der Waals surface area contributed by atoms with Gasteiger partial charge in [0, 0.05) is 23.9 Å². The molecule has 0 radical (unpaired) electrons. The number of amides is 3. The number of unbranched alkanes of at least 4 members (excludes halogenated alkanes) is 1. The van der Waals surface area contributed by atoms with Crippen molar-refractivity contribution < 1.29 is 14.4 Å². The predicted octanol–water partition coefficient (Wildman–Crippen LogP) is 3.11. The fraction of sp³-hybridized carbons (Fsp3) is 0.714. The standard InChI is InChI=1S/C21H32N4O3S/c1-2-3-11-22-18(26)12-16-14-29-21(23-16)24-19(27)13-25(17-9-10-17)20(28)15-7-5-4-6-8-15/h14-15,17H,2-13H2,1H3,(H,22,26)(H,23,24,27). The van der Waals surface area contributed by atoms with E-state index in [1.165, 1.54) is 17.8 Å². The number of carbonyl (C=O) groups is 3. The molecular formula is C21H32N4O3S. The molecular weight excluding hydrogens is 388 g/mol. The summed E-state index contributed by atoms with van der Waals surface area (Å²) >= 11 is 1.31. The van der Waals surface area contributed by atoms with Gasteiger partial charge in [0.1, 0.15) is 6.54 Å². The van der Waals surface area contributed by atoms with E-state index in [-0.39, 0.29) is 42.6 Å². The van der Waals surface area contributed by atoms with Crippen molar-refractivity contribution in [1.82, 2.24) is 15.2 Å². The highest BCUT2D eigenvalue weighted by Crippen LogP contribution is 2.32. The second-order valence-corrected chi connectivity index (χ2v) is 8.96. The molecule has 29 heavy (non-hydrogen) atoms. The lowest BCUT2D eigenvalue weighted by Gasteiger charge is -2.28. The van der Waals surface area contributed by atoms with E-state index in [9.17, 15) is 14.4 Å². The van der Waals surface area contributed by atoms with Crippen molar-refractivity contribution in [1.29, 1.82) is 0 Å². The maximum Gasteiger partial charge on any atom is 0.245 e. The normalized spacial score (nSPS) is 17.0. The van der Waals surface area contributed by atoms with Crippen molar-refractivity contribution in [3.05, 3.63) is 11.1 Å². The lowest BCUT2D eigenvalue weighted by atomic mass is 9.88. The molecule has 2 aliphatic carbocycles. The Morgan fingerprint density at radius 3 is 2.59 bits per heavy atom. The second-order valence-electron chi connectivity index (χ2n) is 8.10. The van der Waals surface area contributed by atoms with Gasteiger partial charge >= 0.3 is 0 Å². The van der Waals surface area contributed by atoms with Crippen LogP contribution >= 0.6 is 11.3 Å². The summed E-state index contributed by atoms with van der Waals surface area (Å²) in [4.78, 5) is 43.4. The van der Waals surface area contributed by atoms with E-state index in [0.29, 0.717) is 17.4 Å². The van der Waals surface area contributed by atoms with Gasteiger partial charge in [0.2, 0.25) is 17.7 Å². The maximum atomic E-state index is 12.9. The highest BCUT2D eigenvalue weighted by Gasteiger charge is 2.37. The molecule has 0 saturated heterocycles. The van der Waals surface area contributed by atoms with E-state index in [4.69, 9.17) is 0 Å². The maximum absolute atomic E-state index is 12.9. The average Bonchev–Trinajstić information content (AvgIpc) is 3.47. The number of carbonyl (C=O) groups excluding carboxylic acids is 3. The minimum absolute atomic E-state index is 0.0559. The van der Waals surface area contributed by atoms with Crippen LogP contribution in [0.25, 0.3) is 0 Å². The molecule has 0 unspecified atom stereocenters. The Labute approximate surface area is 176 Å². The number of hydrogen-bond acceptors (Lipinski definition) is 5. The van der Waals surface area contributed by atoms with Crippen LogP contribution in [0.2, 0.25) is 0 Å². The average molecular weight is 421 g/mol. The van der Waals surface area contributed by atoms with Crippen molar-refractivity contribution in [2.24, 2.45) is 5.92 Å². The first-order valence-corrected chi connectivity index (χ1v) is 11.8. The van der Waals surface area contributed by atoms with Crippen molar-refractivity contribution in [3.63, 3.8) is 0 Å². The van der Waals surface area contributed by atoms with Crippen LogP contribution in [-0.4, -0.2) is 46.7 Å². The lowest BCUT2D eigenvalue weighted by molar-refractivity contribution is -0.139. The number of rotatable bonds is 10. The molecule has 0 aromatic carbocycles. The second kappa shape index (κ2) is 10.7. The molecule has 160 valence electrons. The summed E-state index contributed by atoms with van der Waals surface area (Å²) in [6.07, 6.45) is 9.49. The predicted molar refractivity (Wildman–Crippen MR) is 114 cm³/mol. The van der Waals surface area contributed by atoms with Crippen LogP contribution in [0.4, 0.5) is 5.13 Å². The van der Waals surface area contributed by atoms with Crippen LogP contribution in [0.3, 0.4) is 0 Å². The largest absolute Gasteiger partial charge is 0.356 e. The van der Waals surface area contributed by atoms with Gasteiger partial charge in [0.25, 0.3) is 0 Å². The minimum atomic E-state index is -0.214. The molecule has 0 spiro atoms. The number of nitrogens with one attached hydrogen (secondary N) is 2. The molecule has 0 atom stereocenters. The first-order valence-electron chi connectivity index (χ1n) is 10.9. The molecule has 8 heteroatoms. The van der Waals surface area contributed by atoms with Crippen LogP contribution in [0.1, 0.15) is 70.4 Å². The van der Waals surface area contributed by atoms with Gasteiger partial charge in [-0.3, -0.25) is 14.4 Å². The Balaban J connectivity index is 1.48. The Bertz CT molecular complexity index is 711. The van der Waals surface area contributed by atoms with Crippen molar-refractivity contribution in [2.45, 2.75) is 77.2 Å². The summed E-state index contributed by atoms with van der Waals surface area (Å²) in [6, 6.07) is 0.217. The summed E-state index contributed by atoms with van der Waals surface area (Å²) in [6.45, 7) is 2.84. The Kier molecular flexibility index (Phi) is 8.03. The van der Waals surface area contributed by atoms with E-state index in [0.717, 1.165) is 51.4 Å². The third-order valence-electron chi connectivity index (χ3n) is 5.53. The first-order chi connectivity index (χ1) is 14.1. The van der Waals surface area contributed by atoms with Gasteiger partial charge in [-0.1, -0.05) is 32.6 Å². The van der Waals surface area contributed by atoms with E-state index < -0.39 is 0 Å². The molecule has 2 fully saturated rings. The molecule has 0 aliphatic heterocycles. The summed E-state index contributed by atoms with van der Waals surface area (Å²) in [5.41, 5.74) is 0.650. The summed E-state index contributed by atoms with van der Waals surface area (Å²) in [5.74, 6) is -0.0465. The van der Waals surface area contributed by atoms with E-state index in [1.54, 1.807) is 10.3 Å².